The summed E-state index contributed by atoms with van der Waals surface area (Å²) in [6.45, 7) is 1.76. The van der Waals surface area contributed by atoms with Gasteiger partial charge >= 0.3 is 11.1 Å². The number of aryl methyl sites for hydroxylation is 1. The van der Waals surface area contributed by atoms with Gasteiger partial charge in [0.05, 0.1) is 11.0 Å². The van der Waals surface area contributed by atoms with Crippen LogP contribution in [-0.4, -0.2) is 16.3 Å². The quantitative estimate of drug-likeness (QED) is 0.519. The van der Waals surface area contributed by atoms with Gasteiger partial charge in [-0.2, -0.15) is 0 Å². The van der Waals surface area contributed by atoms with Crippen LogP contribution >= 0.6 is 0 Å². The summed E-state index contributed by atoms with van der Waals surface area (Å²) in [5.41, 5.74) is 0.796. The van der Waals surface area contributed by atoms with Crippen molar-refractivity contribution >= 4 is 17.3 Å². The van der Waals surface area contributed by atoms with Crippen molar-refractivity contribution in [3.8, 4) is 0 Å². The lowest BCUT2D eigenvalue weighted by molar-refractivity contribution is 0.112. The largest absolute Gasteiger partial charge is 0.316 e. The predicted molar refractivity (Wildman–Crippen MR) is 55.3 cm³/mol. The zero-order valence-electron chi connectivity index (χ0n) is 7.96. The molecule has 0 aliphatic rings. The predicted octanol–water partition coefficient (Wildman–Crippen LogP) is 0.337. The number of hydrogen-bond donors (Lipinski definition) is 2. The molecule has 5 heteroatoms. The van der Waals surface area contributed by atoms with Crippen molar-refractivity contribution in [3.05, 3.63) is 44.0 Å². The molecule has 2 aromatic rings. The first-order chi connectivity index (χ1) is 7.11. The molecule has 0 aliphatic heterocycles. The second kappa shape index (κ2) is 3.20. The Balaban J connectivity index is 2.94. The van der Waals surface area contributed by atoms with Gasteiger partial charge < -0.3 is 9.97 Å². The number of aldehydes is 1. The molecule has 0 unspecified atom stereocenters. The molecule has 1 heterocycles. The molecule has 0 radical (unpaired) electrons. The van der Waals surface area contributed by atoms with E-state index < -0.39 is 11.1 Å². The van der Waals surface area contributed by atoms with Gasteiger partial charge in [-0.15, -0.1) is 0 Å². The average molecular weight is 204 g/mol. The van der Waals surface area contributed by atoms with Crippen LogP contribution in [0.15, 0.2) is 21.7 Å². The van der Waals surface area contributed by atoms with E-state index in [-0.39, 0.29) is 0 Å². The van der Waals surface area contributed by atoms with Crippen molar-refractivity contribution in [2.75, 3.05) is 0 Å². The Bertz CT molecular complexity index is 652. The number of benzene rings is 1. The van der Waals surface area contributed by atoms with Crippen LogP contribution in [0.2, 0.25) is 0 Å². The number of aromatic amines is 2. The number of carbonyl (C=O) groups excluding carboxylic acids is 1. The summed E-state index contributed by atoms with van der Waals surface area (Å²) in [7, 11) is 0. The Morgan fingerprint density at radius 2 is 1.60 bits per heavy atom. The molecule has 0 amide bonds. The van der Waals surface area contributed by atoms with Crippen molar-refractivity contribution in [1.82, 2.24) is 9.97 Å². The molecule has 15 heavy (non-hydrogen) atoms. The summed E-state index contributed by atoms with van der Waals surface area (Å²) >= 11 is 0. The minimum Gasteiger partial charge on any atom is -0.316 e. The summed E-state index contributed by atoms with van der Waals surface area (Å²) in [5, 5.41) is 0. The standard InChI is InChI=1S/C10H8N2O3/c1-5-2-7-8(3-6(5)4-13)12-10(15)9(14)11-7/h2-4H,1H3,(H,11,14)(H,12,15). The molecular weight excluding hydrogens is 196 g/mol. The monoisotopic (exact) mass is 204 g/mol. The van der Waals surface area contributed by atoms with Crippen LogP contribution in [0.5, 0.6) is 0 Å². The van der Waals surface area contributed by atoms with Crippen LogP contribution in [0.1, 0.15) is 15.9 Å². The molecule has 0 saturated heterocycles. The fourth-order valence-electron chi connectivity index (χ4n) is 1.42. The molecule has 0 aliphatic carbocycles. The first-order valence-electron chi connectivity index (χ1n) is 4.34. The Morgan fingerprint density at radius 1 is 1.07 bits per heavy atom. The molecule has 5 nitrogen and oxygen atoms in total. The van der Waals surface area contributed by atoms with E-state index in [4.69, 9.17) is 0 Å². The molecule has 0 spiro atoms. The van der Waals surface area contributed by atoms with E-state index >= 15 is 0 Å². The van der Waals surface area contributed by atoms with Gasteiger partial charge in [0.25, 0.3) is 0 Å². The van der Waals surface area contributed by atoms with Crippen LogP contribution in [-0.2, 0) is 0 Å². The first-order valence-corrected chi connectivity index (χ1v) is 4.34. The van der Waals surface area contributed by atoms with E-state index in [1.165, 1.54) is 6.07 Å². The smallest absolute Gasteiger partial charge is 0.314 e. The Morgan fingerprint density at radius 3 is 2.13 bits per heavy atom. The van der Waals surface area contributed by atoms with Gasteiger partial charge in [-0.05, 0) is 24.6 Å². The van der Waals surface area contributed by atoms with Crippen LogP contribution in [0.4, 0.5) is 0 Å². The molecule has 0 saturated carbocycles. The van der Waals surface area contributed by atoms with E-state index in [1.807, 2.05) is 0 Å². The molecular formula is C10H8N2O3. The SMILES string of the molecule is Cc1cc2[nH]c(=O)c(=O)[nH]c2cc1C=O. The van der Waals surface area contributed by atoms with Crippen molar-refractivity contribution in [3.63, 3.8) is 0 Å². The zero-order chi connectivity index (χ0) is 11.0. The number of rotatable bonds is 1. The summed E-state index contributed by atoms with van der Waals surface area (Å²) in [6, 6.07) is 3.19. The van der Waals surface area contributed by atoms with Crippen LogP contribution < -0.4 is 11.1 Å². The lowest BCUT2D eigenvalue weighted by atomic mass is 10.1. The second-order valence-corrected chi connectivity index (χ2v) is 3.28. The highest BCUT2D eigenvalue weighted by Gasteiger charge is 2.03. The lowest BCUT2D eigenvalue weighted by Gasteiger charge is -2.01. The van der Waals surface area contributed by atoms with Crippen molar-refractivity contribution in [2.45, 2.75) is 6.92 Å². The summed E-state index contributed by atoms with van der Waals surface area (Å²) < 4.78 is 0. The second-order valence-electron chi connectivity index (χ2n) is 3.28. The molecule has 76 valence electrons. The van der Waals surface area contributed by atoms with Gasteiger partial charge in [0.2, 0.25) is 0 Å². The number of carbonyl (C=O) groups is 1. The Kier molecular flexibility index (Phi) is 2.00. The molecule has 1 aromatic carbocycles. The highest BCUT2D eigenvalue weighted by molar-refractivity contribution is 5.86. The van der Waals surface area contributed by atoms with E-state index in [0.717, 1.165) is 5.56 Å². The summed E-state index contributed by atoms with van der Waals surface area (Å²) in [5.74, 6) is 0. The maximum Gasteiger partial charge on any atom is 0.314 e. The number of H-pyrrole nitrogens is 2. The number of aromatic nitrogens is 2. The van der Waals surface area contributed by atoms with Gasteiger partial charge in [-0.1, -0.05) is 0 Å². The van der Waals surface area contributed by atoms with Crippen LogP contribution in [0, 0.1) is 6.92 Å². The van der Waals surface area contributed by atoms with E-state index in [0.29, 0.717) is 22.9 Å². The summed E-state index contributed by atoms with van der Waals surface area (Å²) in [6.07, 6.45) is 0.707. The maximum absolute atomic E-state index is 11.0. The minimum atomic E-state index is -0.719. The number of nitrogens with one attached hydrogen (secondary N) is 2. The Hall–Kier alpha value is -2.17. The fourth-order valence-corrected chi connectivity index (χ4v) is 1.42. The first kappa shape index (κ1) is 9.39. The third-order valence-electron chi connectivity index (χ3n) is 2.24. The molecule has 2 rings (SSSR count). The normalized spacial score (nSPS) is 10.5. The third-order valence-corrected chi connectivity index (χ3v) is 2.24. The molecule has 2 N–H and O–H groups in total. The van der Waals surface area contributed by atoms with Gasteiger partial charge in [0, 0.05) is 5.56 Å². The van der Waals surface area contributed by atoms with Crippen LogP contribution in [0.3, 0.4) is 0 Å². The maximum atomic E-state index is 11.0. The fraction of sp³-hybridized carbons (Fsp3) is 0.100. The molecule has 1 aromatic heterocycles. The van der Waals surface area contributed by atoms with Gasteiger partial charge in [-0.25, -0.2) is 0 Å². The lowest BCUT2D eigenvalue weighted by Crippen LogP contribution is -2.28. The number of fused-ring (bicyclic) bond motifs is 1. The zero-order valence-corrected chi connectivity index (χ0v) is 7.96. The van der Waals surface area contributed by atoms with E-state index in [9.17, 15) is 14.4 Å². The van der Waals surface area contributed by atoms with E-state index in [1.54, 1.807) is 13.0 Å². The topological polar surface area (TPSA) is 82.8 Å². The Labute approximate surface area is 83.8 Å². The van der Waals surface area contributed by atoms with Gasteiger partial charge in [0.15, 0.2) is 0 Å². The van der Waals surface area contributed by atoms with Crippen molar-refractivity contribution in [1.29, 1.82) is 0 Å². The highest BCUT2D eigenvalue weighted by Crippen LogP contribution is 2.12. The average Bonchev–Trinajstić information content (AvgIpc) is 2.20. The minimum absolute atomic E-state index is 0.451. The highest BCUT2D eigenvalue weighted by atomic mass is 16.2. The van der Waals surface area contributed by atoms with Crippen molar-refractivity contribution < 1.29 is 4.79 Å². The molecule has 0 atom stereocenters. The number of hydrogen-bond acceptors (Lipinski definition) is 3. The van der Waals surface area contributed by atoms with Crippen LogP contribution in [0.25, 0.3) is 11.0 Å². The van der Waals surface area contributed by atoms with E-state index in [2.05, 4.69) is 9.97 Å². The summed E-state index contributed by atoms with van der Waals surface area (Å²) in [4.78, 5) is 37.6. The molecule has 0 fully saturated rings. The third kappa shape index (κ3) is 1.48. The van der Waals surface area contributed by atoms with Crippen molar-refractivity contribution in [2.24, 2.45) is 0 Å². The molecule has 0 bridgehead atoms. The van der Waals surface area contributed by atoms with Gasteiger partial charge in [0.1, 0.15) is 6.29 Å². The van der Waals surface area contributed by atoms with Gasteiger partial charge in [-0.3, -0.25) is 14.4 Å².